The summed E-state index contributed by atoms with van der Waals surface area (Å²) in [5.41, 5.74) is 5.85. The molecule has 2 aliphatic rings. The second-order valence-electron chi connectivity index (χ2n) is 9.72. The first-order chi connectivity index (χ1) is 15.8. The fourth-order valence-electron chi connectivity index (χ4n) is 4.97. The van der Waals surface area contributed by atoms with Crippen LogP contribution < -0.4 is 0 Å². The second kappa shape index (κ2) is 11.6. The van der Waals surface area contributed by atoms with Gasteiger partial charge in [-0.05, 0) is 53.5 Å². The summed E-state index contributed by atoms with van der Waals surface area (Å²) >= 11 is 0. The van der Waals surface area contributed by atoms with Crippen molar-refractivity contribution < 1.29 is 25.2 Å². The molecular formula is C27H41NO5. The molecule has 2 unspecified atom stereocenters. The van der Waals surface area contributed by atoms with Crippen LogP contribution in [0.25, 0.3) is 0 Å². The molecular weight excluding hydrogens is 418 g/mol. The van der Waals surface area contributed by atoms with Crippen LogP contribution in [0.15, 0.2) is 47.2 Å². The van der Waals surface area contributed by atoms with E-state index in [1.54, 1.807) is 6.92 Å². The van der Waals surface area contributed by atoms with Crippen LogP contribution in [-0.2, 0) is 17.7 Å². The summed E-state index contributed by atoms with van der Waals surface area (Å²) in [6, 6.07) is 8.73. The number of benzene rings is 1. The van der Waals surface area contributed by atoms with Gasteiger partial charge in [0, 0.05) is 31.3 Å². The number of nitrogens with zero attached hydrogens (tertiary/aromatic N) is 1. The molecule has 1 aromatic carbocycles. The minimum Gasteiger partial charge on any atom is -0.396 e. The second-order valence-corrected chi connectivity index (χ2v) is 9.72. The van der Waals surface area contributed by atoms with E-state index in [-0.39, 0.29) is 13.2 Å². The molecule has 0 saturated carbocycles. The molecule has 2 aliphatic heterocycles. The number of allylic oxidation sites excluding steroid dienone is 1. The smallest absolute Gasteiger partial charge is 0.108 e. The average Bonchev–Trinajstić information content (AvgIpc) is 3.20. The summed E-state index contributed by atoms with van der Waals surface area (Å²) in [6.45, 7) is 9.64. The van der Waals surface area contributed by atoms with E-state index >= 15 is 0 Å². The summed E-state index contributed by atoms with van der Waals surface area (Å²) < 4.78 is 5.96. The number of aryl methyl sites for hydroxylation is 1. The molecule has 6 heteroatoms. The molecule has 0 amide bonds. The van der Waals surface area contributed by atoms with Crippen molar-refractivity contribution in [3.63, 3.8) is 0 Å². The van der Waals surface area contributed by atoms with Gasteiger partial charge in [-0.3, -0.25) is 0 Å². The van der Waals surface area contributed by atoms with Crippen LogP contribution in [-0.4, -0.2) is 69.5 Å². The lowest BCUT2D eigenvalue weighted by Gasteiger charge is -2.42. The molecule has 6 nitrogen and oxygen atoms in total. The van der Waals surface area contributed by atoms with Crippen molar-refractivity contribution in [1.82, 2.24) is 4.90 Å². The fourth-order valence-corrected chi connectivity index (χ4v) is 4.97. The maximum atomic E-state index is 10.9. The van der Waals surface area contributed by atoms with Gasteiger partial charge in [0.1, 0.15) is 12.2 Å². The zero-order valence-electron chi connectivity index (χ0n) is 20.4. The van der Waals surface area contributed by atoms with Crippen molar-refractivity contribution in [2.75, 3.05) is 19.8 Å². The third-order valence-corrected chi connectivity index (χ3v) is 7.18. The van der Waals surface area contributed by atoms with Gasteiger partial charge in [0.25, 0.3) is 0 Å². The van der Waals surface area contributed by atoms with E-state index in [1.165, 1.54) is 16.7 Å². The molecule has 5 atom stereocenters. The Bertz CT molecular complexity index is 829. The number of hydrogen-bond acceptors (Lipinski definition) is 6. The molecule has 0 bridgehead atoms. The zero-order valence-corrected chi connectivity index (χ0v) is 20.4. The Kier molecular flexibility index (Phi) is 9.13. The average molecular weight is 460 g/mol. The minimum absolute atomic E-state index is 0.0675. The first-order valence-electron chi connectivity index (χ1n) is 12.3. The van der Waals surface area contributed by atoms with E-state index < -0.39 is 30.3 Å². The summed E-state index contributed by atoms with van der Waals surface area (Å²) in [5, 5.41) is 40.7. The Morgan fingerprint density at radius 3 is 2.36 bits per heavy atom. The predicted molar refractivity (Wildman–Crippen MR) is 129 cm³/mol. The molecule has 1 fully saturated rings. The van der Waals surface area contributed by atoms with Crippen LogP contribution in [0.1, 0.15) is 51.7 Å². The number of ether oxygens (including phenoxy) is 1. The molecule has 184 valence electrons. The highest BCUT2D eigenvalue weighted by Crippen LogP contribution is 2.35. The topological polar surface area (TPSA) is 93.4 Å². The number of aliphatic hydroxyl groups excluding tert-OH is 4. The maximum absolute atomic E-state index is 10.9. The van der Waals surface area contributed by atoms with Gasteiger partial charge in [-0.2, -0.15) is 0 Å². The third kappa shape index (κ3) is 5.87. The van der Waals surface area contributed by atoms with E-state index in [0.29, 0.717) is 12.3 Å². The van der Waals surface area contributed by atoms with Gasteiger partial charge in [-0.1, -0.05) is 52.0 Å². The summed E-state index contributed by atoms with van der Waals surface area (Å²) in [6.07, 6.45) is 1.14. The van der Waals surface area contributed by atoms with E-state index in [0.717, 1.165) is 37.2 Å². The Labute approximate surface area is 198 Å². The largest absolute Gasteiger partial charge is 0.396 e. The number of rotatable bonds is 9. The number of hydrogen-bond donors (Lipinski definition) is 4. The molecule has 0 aromatic heterocycles. The lowest BCUT2D eigenvalue weighted by atomic mass is 9.84. The van der Waals surface area contributed by atoms with Gasteiger partial charge >= 0.3 is 0 Å². The standard InChI is InChI=1S/C27H41NO5/c1-5-19-6-8-20(9-7-19)15-28-12-10-22(17(2)3)23(28)14-21(11-13-29)27-26(32)18(4)25(31)24(16-30)33-27/h6-9,14,17-18,24-27,29-32H,5,10-13,15-16H2,1-4H3/b21-14+/t18-,24?,25-,26+,27?/m0/s1. The van der Waals surface area contributed by atoms with Crippen molar-refractivity contribution in [2.45, 2.75) is 77.9 Å². The molecule has 3 rings (SSSR count). The zero-order chi connectivity index (χ0) is 24.1. The number of aliphatic hydroxyl groups is 4. The van der Waals surface area contributed by atoms with Crippen molar-refractivity contribution in [2.24, 2.45) is 11.8 Å². The highest BCUT2D eigenvalue weighted by molar-refractivity contribution is 5.36. The monoisotopic (exact) mass is 459 g/mol. The lowest BCUT2D eigenvalue weighted by molar-refractivity contribution is -0.194. The van der Waals surface area contributed by atoms with Crippen molar-refractivity contribution >= 4 is 0 Å². The molecule has 2 heterocycles. The van der Waals surface area contributed by atoms with Crippen LogP contribution in [0.2, 0.25) is 0 Å². The Hall–Kier alpha value is -1.70. The summed E-state index contributed by atoms with van der Waals surface area (Å²) in [5.74, 6) is -0.0690. The lowest BCUT2D eigenvalue weighted by Crippen LogP contribution is -2.55. The van der Waals surface area contributed by atoms with Crippen LogP contribution >= 0.6 is 0 Å². The van der Waals surface area contributed by atoms with Gasteiger partial charge in [0.2, 0.25) is 0 Å². The molecule has 1 saturated heterocycles. The van der Waals surface area contributed by atoms with E-state index in [1.807, 2.05) is 0 Å². The SMILES string of the molecule is CCc1ccc(CN2CCC(C(C)C)=C2/C=C(\CCO)C2OC(CO)[C@@H](O)[C@H](C)[C@H]2O)cc1. The van der Waals surface area contributed by atoms with Gasteiger partial charge in [-0.15, -0.1) is 0 Å². The fraction of sp³-hybridized carbons (Fsp3) is 0.630. The summed E-state index contributed by atoms with van der Waals surface area (Å²) in [4.78, 5) is 2.37. The van der Waals surface area contributed by atoms with Crippen molar-refractivity contribution in [1.29, 1.82) is 0 Å². The van der Waals surface area contributed by atoms with Gasteiger partial charge in [-0.25, -0.2) is 0 Å². The van der Waals surface area contributed by atoms with Crippen molar-refractivity contribution in [3.8, 4) is 0 Å². The molecule has 33 heavy (non-hydrogen) atoms. The van der Waals surface area contributed by atoms with Crippen LogP contribution in [0.5, 0.6) is 0 Å². The Balaban J connectivity index is 1.94. The van der Waals surface area contributed by atoms with Gasteiger partial charge in [0.05, 0.1) is 18.8 Å². The van der Waals surface area contributed by atoms with Crippen LogP contribution in [0.3, 0.4) is 0 Å². The minimum atomic E-state index is -0.934. The molecule has 1 aromatic rings. The molecule has 0 spiro atoms. The first kappa shape index (κ1) is 25.9. The van der Waals surface area contributed by atoms with E-state index in [4.69, 9.17) is 4.74 Å². The highest BCUT2D eigenvalue weighted by atomic mass is 16.5. The maximum Gasteiger partial charge on any atom is 0.108 e. The van der Waals surface area contributed by atoms with Crippen LogP contribution in [0.4, 0.5) is 0 Å². The van der Waals surface area contributed by atoms with E-state index in [2.05, 4.69) is 56.0 Å². The molecule has 0 aliphatic carbocycles. The molecule has 0 radical (unpaired) electrons. The van der Waals surface area contributed by atoms with Crippen molar-refractivity contribution in [3.05, 3.63) is 58.3 Å². The summed E-state index contributed by atoms with van der Waals surface area (Å²) in [7, 11) is 0. The van der Waals surface area contributed by atoms with E-state index in [9.17, 15) is 20.4 Å². The normalized spacial score (nSPS) is 28.8. The molecule has 4 N–H and O–H groups in total. The first-order valence-corrected chi connectivity index (χ1v) is 12.3. The quantitative estimate of drug-likeness (QED) is 0.454. The van der Waals surface area contributed by atoms with Crippen LogP contribution in [0, 0.1) is 11.8 Å². The van der Waals surface area contributed by atoms with Gasteiger partial charge in [0.15, 0.2) is 0 Å². The van der Waals surface area contributed by atoms with Gasteiger partial charge < -0.3 is 30.1 Å². The Morgan fingerprint density at radius 2 is 1.79 bits per heavy atom. The Morgan fingerprint density at radius 1 is 1.12 bits per heavy atom. The predicted octanol–water partition coefficient (Wildman–Crippen LogP) is 2.79. The third-order valence-electron chi connectivity index (χ3n) is 7.18. The highest BCUT2D eigenvalue weighted by Gasteiger charge is 2.43.